The number of ether oxygens (including phenoxy) is 1. The molecule has 12 nitrogen and oxygen atoms in total. The molecule has 4 atom stereocenters. The maximum atomic E-state index is 14.1. The average molecular weight is 728 g/mol. The van der Waals surface area contributed by atoms with E-state index in [1.165, 1.54) is 6.92 Å². The van der Waals surface area contributed by atoms with Crippen LogP contribution in [0, 0.1) is 17.3 Å². The summed E-state index contributed by atoms with van der Waals surface area (Å²) in [6.45, 7) is 14.8. The van der Waals surface area contributed by atoms with Crippen LogP contribution >= 0.6 is 11.3 Å². The third kappa shape index (κ3) is 13.4. The minimum absolute atomic E-state index is 0.0848. The third-order valence-electron chi connectivity index (χ3n) is 8.88. The van der Waals surface area contributed by atoms with Crippen LogP contribution in [0.5, 0.6) is 0 Å². The lowest BCUT2D eigenvalue weighted by Gasteiger charge is -2.34. The fourth-order valence-corrected chi connectivity index (χ4v) is 6.49. The molecule has 13 heteroatoms. The lowest BCUT2D eigenvalue weighted by atomic mass is 9.84. The van der Waals surface area contributed by atoms with Gasteiger partial charge in [0, 0.05) is 36.3 Å². The van der Waals surface area contributed by atoms with E-state index in [0.717, 1.165) is 42.6 Å². The Kier molecular flexibility index (Phi) is 17.3. The van der Waals surface area contributed by atoms with Crippen molar-refractivity contribution < 1.29 is 33.8 Å². The van der Waals surface area contributed by atoms with Crippen molar-refractivity contribution in [1.29, 1.82) is 0 Å². The van der Waals surface area contributed by atoms with Crippen molar-refractivity contribution in [2.45, 2.75) is 119 Å². The Morgan fingerprint density at radius 2 is 1.75 bits per heavy atom. The quantitative estimate of drug-likeness (QED) is 0.0470. The van der Waals surface area contributed by atoms with Crippen LogP contribution in [0.1, 0.15) is 121 Å². The molecule has 2 aromatic rings. The van der Waals surface area contributed by atoms with Crippen molar-refractivity contribution in [2.24, 2.45) is 17.3 Å². The van der Waals surface area contributed by atoms with E-state index in [0.29, 0.717) is 42.2 Å². The number of hydrogen-bond acceptors (Lipinski definition) is 9. The number of unbranched alkanes of at least 4 members (excludes halogenated alkanes) is 3. The van der Waals surface area contributed by atoms with Gasteiger partial charge in [0.05, 0.1) is 5.41 Å². The number of nitrogens with one attached hydrogen (secondary N) is 2. The van der Waals surface area contributed by atoms with Crippen LogP contribution in [0.25, 0.3) is 0 Å². The van der Waals surface area contributed by atoms with Gasteiger partial charge in [-0.05, 0) is 68.7 Å². The van der Waals surface area contributed by atoms with Crippen LogP contribution < -0.4 is 16.4 Å². The maximum absolute atomic E-state index is 14.1. The molecule has 0 saturated heterocycles. The Balaban J connectivity index is 2.52. The van der Waals surface area contributed by atoms with Crippen LogP contribution in [0.4, 0.5) is 5.69 Å². The van der Waals surface area contributed by atoms with Crippen molar-refractivity contribution in [3.8, 4) is 0 Å². The first-order valence-corrected chi connectivity index (χ1v) is 18.7. The molecule has 1 aromatic heterocycles. The molecule has 0 bridgehead atoms. The maximum Gasteiger partial charge on any atom is 0.309 e. The molecule has 2 rings (SSSR count). The van der Waals surface area contributed by atoms with Crippen molar-refractivity contribution in [1.82, 2.24) is 20.5 Å². The zero-order chi connectivity index (χ0) is 38.3. The molecule has 0 aliphatic heterocycles. The predicted molar refractivity (Wildman–Crippen MR) is 200 cm³/mol. The second kappa shape index (κ2) is 20.6. The number of amides is 3. The first-order valence-electron chi connectivity index (χ1n) is 17.8. The Morgan fingerprint density at radius 3 is 2.29 bits per heavy atom. The van der Waals surface area contributed by atoms with Gasteiger partial charge in [-0.25, -0.2) is 4.98 Å². The topological polar surface area (TPSA) is 181 Å². The molecular weight excluding hydrogens is 671 g/mol. The Morgan fingerprint density at radius 1 is 1.08 bits per heavy atom. The summed E-state index contributed by atoms with van der Waals surface area (Å²) in [5.74, 6) is -2.60. The molecular formula is C38H57N5O7S. The number of hydrogen-bond donors (Lipinski definition) is 4. The second-order valence-corrected chi connectivity index (χ2v) is 14.9. The number of thiazole rings is 1. The normalized spacial score (nSPS) is 14.3. The van der Waals surface area contributed by atoms with E-state index in [4.69, 9.17) is 10.5 Å². The van der Waals surface area contributed by atoms with Crippen LogP contribution in [-0.2, 0) is 30.3 Å². The Bertz CT molecular complexity index is 1490. The number of carbonyl (C=O) groups is 5. The van der Waals surface area contributed by atoms with Gasteiger partial charge in [0.25, 0.3) is 5.91 Å². The molecule has 0 aliphatic rings. The van der Waals surface area contributed by atoms with Gasteiger partial charge in [0.15, 0.2) is 6.10 Å². The molecule has 0 aliphatic carbocycles. The number of carboxylic acids is 1. The van der Waals surface area contributed by atoms with Gasteiger partial charge in [-0.1, -0.05) is 72.4 Å². The molecule has 51 heavy (non-hydrogen) atoms. The first-order chi connectivity index (χ1) is 24.0. The number of aromatic nitrogens is 1. The fourth-order valence-electron chi connectivity index (χ4n) is 5.70. The minimum Gasteiger partial charge on any atom is -0.481 e. The molecule has 5 N–H and O–H groups in total. The van der Waals surface area contributed by atoms with E-state index in [1.54, 1.807) is 42.3 Å². The lowest BCUT2D eigenvalue weighted by molar-refractivity contribution is -0.147. The Hall–Kier alpha value is -4.26. The number of nitrogens with two attached hydrogens (primary N) is 1. The van der Waals surface area contributed by atoms with Gasteiger partial charge in [0.1, 0.15) is 16.7 Å². The summed E-state index contributed by atoms with van der Waals surface area (Å²) in [5, 5.41) is 17.4. The summed E-state index contributed by atoms with van der Waals surface area (Å²) in [5.41, 5.74) is 6.89. The molecule has 0 radical (unpaired) electrons. The smallest absolute Gasteiger partial charge is 0.309 e. The monoisotopic (exact) mass is 727 g/mol. The van der Waals surface area contributed by atoms with Gasteiger partial charge in [-0.2, -0.15) is 0 Å². The largest absolute Gasteiger partial charge is 0.481 e. The summed E-state index contributed by atoms with van der Waals surface area (Å²) in [4.78, 5) is 69.9. The Labute approximate surface area is 306 Å². The number of nitrogen functional groups attached to an aromatic ring is 1. The number of nitrogens with zero attached hydrogens (tertiary/aromatic N) is 2. The summed E-state index contributed by atoms with van der Waals surface area (Å²) < 4.78 is 5.74. The number of anilines is 1. The van der Waals surface area contributed by atoms with E-state index < -0.39 is 41.4 Å². The summed E-state index contributed by atoms with van der Waals surface area (Å²) in [7, 11) is 0. The summed E-state index contributed by atoms with van der Waals surface area (Å²) in [6.07, 6.45) is 6.16. The van der Waals surface area contributed by atoms with Crippen LogP contribution in [-0.4, -0.2) is 63.8 Å². The molecule has 0 unspecified atom stereocenters. The molecule has 0 fully saturated rings. The highest BCUT2D eigenvalue weighted by Crippen LogP contribution is 2.30. The van der Waals surface area contributed by atoms with E-state index in [9.17, 15) is 29.1 Å². The third-order valence-corrected chi connectivity index (χ3v) is 9.78. The van der Waals surface area contributed by atoms with Crippen LogP contribution in [0.15, 0.2) is 41.4 Å². The zero-order valence-electron chi connectivity index (χ0n) is 31.4. The van der Waals surface area contributed by atoms with Gasteiger partial charge >= 0.3 is 11.9 Å². The highest BCUT2D eigenvalue weighted by molar-refractivity contribution is 7.09. The van der Waals surface area contributed by atoms with Gasteiger partial charge < -0.3 is 31.1 Å². The number of allylic oxidation sites excluding steroid dienone is 1. The second-order valence-electron chi connectivity index (χ2n) is 14.1. The number of rotatable bonds is 22. The van der Waals surface area contributed by atoms with Gasteiger partial charge in [0.2, 0.25) is 12.3 Å². The van der Waals surface area contributed by atoms with Crippen LogP contribution in [0.2, 0.25) is 0 Å². The fraction of sp³-hybridized carbons (Fsp3) is 0.579. The minimum atomic E-state index is -1.12. The number of esters is 1. The van der Waals surface area contributed by atoms with Crippen molar-refractivity contribution in [3.63, 3.8) is 0 Å². The number of benzene rings is 1. The number of carbonyl (C=O) groups excluding carboxylic acids is 4. The van der Waals surface area contributed by atoms with Gasteiger partial charge in [-0.15, -0.1) is 11.3 Å². The highest BCUT2D eigenvalue weighted by Gasteiger charge is 2.34. The van der Waals surface area contributed by atoms with Gasteiger partial charge in [-0.3, -0.25) is 24.0 Å². The van der Waals surface area contributed by atoms with E-state index in [2.05, 4.69) is 22.5 Å². The summed E-state index contributed by atoms with van der Waals surface area (Å²) in [6, 6.07) is 5.89. The van der Waals surface area contributed by atoms with E-state index in [-0.39, 0.29) is 29.9 Å². The SMILES string of the molecule is CCCCCCN(C(=O)[C@@H](NC=O)[C@@H](C)CC)/C(=C/[C@@H](OC(C)=O)c1nc(C(=O)N[C@@H](Cc2ccc(N)cc2)CC(C)(C)C(=O)O)cs1)C(C)C. The number of carboxylic acid groups (broad SMARTS) is 1. The van der Waals surface area contributed by atoms with Crippen LogP contribution in [0.3, 0.4) is 0 Å². The highest BCUT2D eigenvalue weighted by atomic mass is 32.1. The molecule has 1 heterocycles. The first kappa shape index (κ1) is 42.9. The molecule has 0 saturated carbocycles. The molecule has 1 aromatic carbocycles. The van der Waals surface area contributed by atoms with Crippen molar-refractivity contribution in [3.05, 3.63) is 57.7 Å². The predicted octanol–water partition coefficient (Wildman–Crippen LogP) is 6.28. The number of aliphatic carboxylic acids is 1. The van der Waals surface area contributed by atoms with Crippen molar-refractivity contribution in [2.75, 3.05) is 12.3 Å². The zero-order valence-corrected chi connectivity index (χ0v) is 32.2. The molecule has 3 amide bonds. The lowest BCUT2D eigenvalue weighted by Crippen LogP contribution is -2.50. The van der Waals surface area contributed by atoms with E-state index >= 15 is 0 Å². The van der Waals surface area contributed by atoms with Crippen molar-refractivity contribution >= 4 is 47.2 Å². The summed E-state index contributed by atoms with van der Waals surface area (Å²) >= 11 is 1.14. The molecule has 0 spiro atoms. The molecule has 282 valence electrons. The van der Waals surface area contributed by atoms with E-state index in [1.807, 2.05) is 39.8 Å². The standard InChI is InChI=1S/C38H57N5O7S/c1-9-11-12-13-18-43(36(47)33(40-23-44)25(5)10-2)31(24(3)4)20-32(50-26(6)45)35-42-30(22-51-35)34(46)41-29(21-38(7,8)37(48)49)19-27-14-16-28(39)17-15-27/h14-17,20,22-25,29,32-33H,9-13,18-19,21,39H2,1-8H3,(H,40,44)(H,41,46)(H,48,49)/b31-20+/t25-,29-,32+,33-/m0/s1. The average Bonchev–Trinajstić information content (AvgIpc) is 3.56.